The molecule has 0 aliphatic carbocycles. The van der Waals surface area contributed by atoms with Crippen molar-refractivity contribution in [3.05, 3.63) is 24.0 Å². The number of primary amides is 1. The quantitative estimate of drug-likeness (QED) is 0.767. The first-order chi connectivity index (χ1) is 7.80. The molecule has 0 bridgehead atoms. The summed E-state index contributed by atoms with van der Waals surface area (Å²) in [6.07, 6.45) is 0.0314. The smallest absolute Gasteiger partial charge is 0.236 e. The van der Waals surface area contributed by atoms with Crippen LogP contribution in [0.25, 0.3) is 0 Å². The van der Waals surface area contributed by atoms with Gasteiger partial charge < -0.3 is 11.5 Å². The van der Waals surface area contributed by atoms with Gasteiger partial charge in [-0.15, -0.1) is 0 Å². The van der Waals surface area contributed by atoms with Gasteiger partial charge in [-0.3, -0.25) is 4.79 Å². The molecule has 0 spiro atoms. The van der Waals surface area contributed by atoms with Crippen LogP contribution in [0.3, 0.4) is 0 Å². The van der Waals surface area contributed by atoms with Crippen LogP contribution < -0.4 is 11.5 Å². The van der Waals surface area contributed by atoms with Crippen LogP contribution in [-0.4, -0.2) is 19.6 Å². The fraction of sp³-hybridized carbons (Fsp3) is 0.300. The zero-order valence-corrected chi connectivity index (χ0v) is 10.00. The zero-order chi connectivity index (χ0) is 13.2. The van der Waals surface area contributed by atoms with E-state index in [-0.39, 0.29) is 17.0 Å². The van der Waals surface area contributed by atoms with Gasteiger partial charge in [0.05, 0.1) is 10.6 Å². The summed E-state index contributed by atoms with van der Waals surface area (Å²) in [7, 11) is -3.96. The van der Waals surface area contributed by atoms with Gasteiger partial charge in [-0.1, -0.05) is 6.92 Å². The van der Waals surface area contributed by atoms with Crippen molar-refractivity contribution in [3.63, 3.8) is 0 Å². The second-order valence-corrected chi connectivity index (χ2v) is 5.66. The third-order valence-corrected chi connectivity index (χ3v) is 4.59. The summed E-state index contributed by atoms with van der Waals surface area (Å²) in [5, 5.41) is -1.36. The summed E-state index contributed by atoms with van der Waals surface area (Å²) in [4.78, 5) is 10.7. The van der Waals surface area contributed by atoms with E-state index < -0.39 is 26.8 Å². The number of hydrogen-bond donors (Lipinski definition) is 2. The van der Waals surface area contributed by atoms with Crippen molar-refractivity contribution in [2.45, 2.75) is 23.5 Å². The Morgan fingerprint density at radius 3 is 2.47 bits per heavy atom. The largest absolute Gasteiger partial charge is 0.396 e. The van der Waals surface area contributed by atoms with Gasteiger partial charge in [-0.2, -0.15) is 0 Å². The number of hydrogen-bond acceptors (Lipinski definition) is 4. The third-order valence-electron chi connectivity index (χ3n) is 2.36. The Hall–Kier alpha value is -1.63. The van der Waals surface area contributed by atoms with Gasteiger partial charge in [0.15, 0.2) is 9.84 Å². The molecule has 1 amide bonds. The van der Waals surface area contributed by atoms with Crippen molar-refractivity contribution in [3.8, 4) is 0 Å². The number of sulfone groups is 1. The van der Waals surface area contributed by atoms with E-state index in [4.69, 9.17) is 11.5 Å². The predicted octanol–water partition coefficient (Wildman–Crippen LogP) is 0.445. The molecule has 1 aromatic carbocycles. The van der Waals surface area contributed by atoms with E-state index in [1.165, 1.54) is 6.92 Å². The van der Waals surface area contributed by atoms with E-state index in [2.05, 4.69) is 0 Å². The lowest BCUT2D eigenvalue weighted by Gasteiger charge is -2.12. The maximum atomic E-state index is 13.2. The number of amides is 1. The molecule has 0 saturated carbocycles. The number of halogens is 1. The van der Waals surface area contributed by atoms with Crippen LogP contribution in [0.15, 0.2) is 23.1 Å². The van der Waals surface area contributed by atoms with Crippen molar-refractivity contribution < 1.29 is 17.6 Å². The molecule has 0 radical (unpaired) electrons. The van der Waals surface area contributed by atoms with Crippen LogP contribution in [0.1, 0.15) is 13.3 Å². The molecule has 0 fully saturated rings. The van der Waals surface area contributed by atoms with E-state index in [0.717, 1.165) is 18.2 Å². The lowest BCUT2D eigenvalue weighted by atomic mass is 10.3. The Morgan fingerprint density at radius 1 is 1.47 bits per heavy atom. The molecule has 1 rings (SSSR count). The summed E-state index contributed by atoms with van der Waals surface area (Å²) < 4.78 is 37.1. The molecule has 1 aromatic rings. The Morgan fingerprint density at radius 2 is 2.06 bits per heavy atom. The second kappa shape index (κ2) is 4.70. The number of nitrogen functional groups attached to an aromatic ring is 1. The maximum Gasteiger partial charge on any atom is 0.236 e. The lowest BCUT2D eigenvalue weighted by Crippen LogP contribution is -2.35. The zero-order valence-electron chi connectivity index (χ0n) is 9.18. The van der Waals surface area contributed by atoms with Crippen LogP contribution >= 0.6 is 0 Å². The fourth-order valence-electron chi connectivity index (χ4n) is 1.42. The molecule has 1 atom stereocenters. The van der Waals surface area contributed by atoms with Crippen molar-refractivity contribution >= 4 is 21.4 Å². The SMILES string of the molecule is CCC(C(N)=O)S(=O)(=O)c1ccc(N)c(F)c1. The molecule has 0 aliphatic rings. The van der Waals surface area contributed by atoms with E-state index in [0.29, 0.717) is 0 Å². The monoisotopic (exact) mass is 260 g/mol. The normalized spacial score (nSPS) is 13.3. The molecule has 1 unspecified atom stereocenters. The first-order valence-electron chi connectivity index (χ1n) is 4.89. The summed E-state index contributed by atoms with van der Waals surface area (Å²) in [6.45, 7) is 1.51. The molecule has 7 heteroatoms. The number of anilines is 1. The first kappa shape index (κ1) is 13.4. The molecule has 0 heterocycles. The third kappa shape index (κ3) is 2.55. The lowest BCUT2D eigenvalue weighted by molar-refractivity contribution is -0.117. The molecular formula is C10H13FN2O3S. The van der Waals surface area contributed by atoms with Crippen LogP contribution in [0.5, 0.6) is 0 Å². The highest BCUT2D eigenvalue weighted by Gasteiger charge is 2.31. The highest BCUT2D eigenvalue weighted by atomic mass is 32.2. The van der Waals surface area contributed by atoms with Gasteiger partial charge in [-0.05, 0) is 24.6 Å². The fourth-order valence-corrected chi connectivity index (χ4v) is 3.02. The Labute approximate surface area is 98.5 Å². The second-order valence-electron chi connectivity index (χ2n) is 3.53. The predicted molar refractivity (Wildman–Crippen MR) is 61.3 cm³/mol. The summed E-state index contributed by atoms with van der Waals surface area (Å²) in [5.41, 5.74) is 10.1. The van der Waals surface area contributed by atoms with E-state index in [9.17, 15) is 17.6 Å². The minimum atomic E-state index is -3.96. The van der Waals surface area contributed by atoms with Crippen LogP contribution in [0.4, 0.5) is 10.1 Å². The topological polar surface area (TPSA) is 103 Å². The van der Waals surface area contributed by atoms with Crippen LogP contribution in [-0.2, 0) is 14.6 Å². The minimum Gasteiger partial charge on any atom is -0.396 e. The number of nitrogens with two attached hydrogens (primary N) is 2. The van der Waals surface area contributed by atoms with Crippen molar-refractivity contribution in [1.29, 1.82) is 0 Å². The molecule has 5 nitrogen and oxygen atoms in total. The number of benzene rings is 1. The number of carbonyl (C=O) groups excluding carboxylic acids is 1. The molecule has 0 saturated heterocycles. The molecular weight excluding hydrogens is 247 g/mol. The van der Waals surface area contributed by atoms with Crippen molar-refractivity contribution in [1.82, 2.24) is 0 Å². The van der Waals surface area contributed by atoms with Gasteiger partial charge in [-0.25, -0.2) is 12.8 Å². The molecule has 17 heavy (non-hydrogen) atoms. The summed E-state index contributed by atoms with van der Waals surface area (Å²) in [6, 6.07) is 3.07. The Kier molecular flexibility index (Phi) is 3.72. The maximum absolute atomic E-state index is 13.2. The van der Waals surface area contributed by atoms with Gasteiger partial charge in [0.2, 0.25) is 5.91 Å². The Bertz CT molecular complexity index is 542. The molecule has 0 aromatic heterocycles. The molecule has 94 valence electrons. The van der Waals surface area contributed by atoms with Crippen LogP contribution in [0, 0.1) is 5.82 Å². The highest BCUT2D eigenvalue weighted by molar-refractivity contribution is 7.92. The van der Waals surface area contributed by atoms with E-state index in [1.54, 1.807) is 0 Å². The average Bonchev–Trinajstić information content (AvgIpc) is 2.21. The number of rotatable bonds is 4. The highest BCUT2D eigenvalue weighted by Crippen LogP contribution is 2.21. The van der Waals surface area contributed by atoms with Gasteiger partial charge in [0, 0.05) is 0 Å². The average molecular weight is 260 g/mol. The first-order valence-corrected chi connectivity index (χ1v) is 6.43. The van der Waals surface area contributed by atoms with Crippen molar-refractivity contribution in [2.75, 3.05) is 5.73 Å². The molecule has 4 N–H and O–H groups in total. The van der Waals surface area contributed by atoms with Crippen LogP contribution in [0.2, 0.25) is 0 Å². The number of carbonyl (C=O) groups is 1. The van der Waals surface area contributed by atoms with Gasteiger partial charge >= 0.3 is 0 Å². The van der Waals surface area contributed by atoms with E-state index >= 15 is 0 Å². The van der Waals surface area contributed by atoms with E-state index in [1.807, 2.05) is 0 Å². The van der Waals surface area contributed by atoms with Gasteiger partial charge in [0.1, 0.15) is 11.1 Å². The minimum absolute atomic E-state index is 0.0314. The Balaban J connectivity index is 3.30. The summed E-state index contributed by atoms with van der Waals surface area (Å²) >= 11 is 0. The van der Waals surface area contributed by atoms with Gasteiger partial charge in [0.25, 0.3) is 0 Å². The molecule has 0 aliphatic heterocycles. The van der Waals surface area contributed by atoms with Crippen molar-refractivity contribution in [2.24, 2.45) is 5.73 Å². The summed E-state index contributed by atoms with van der Waals surface area (Å²) in [5.74, 6) is -1.80. The standard InChI is InChI=1S/C10H13FN2O3S/c1-2-9(10(13)14)17(15,16)6-3-4-8(12)7(11)5-6/h3-5,9H,2,12H2,1H3,(H2,13,14).